The number of nitrogens with one attached hydrogen (secondary N) is 1. The number of benzene rings is 2. The number of hydrogen-bond donors (Lipinski definition) is 1. The molecule has 0 saturated heterocycles. The first kappa shape index (κ1) is 22.7. The van der Waals surface area contributed by atoms with Crippen LogP contribution in [-0.4, -0.2) is 25.5 Å². The number of rotatable bonds is 5. The van der Waals surface area contributed by atoms with Gasteiger partial charge in [0.1, 0.15) is 6.04 Å². The van der Waals surface area contributed by atoms with Gasteiger partial charge in [-0.3, -0.25) is 9.59 Å². The predicted molar refractivity (Wildman–Crippen MR) is 131 cm³/mol. The molecule has 1 N–H and O–H groups in total. The predicted octanol–water partition coefficient (Wildman–Crippen LogP) is 5.06. The Labute approximate surface area is 197 Å². The van der Waals surface area contributed by atoms with E-state index >= 15 is 0 Å². The molecule has 1 amide bonds. The van der Waals surface area contributed by atoms with Crippen LogP contribution in [0, 0.1) is 27.7 Å². The second-order valence-electron chi connectivity index (χ2n) is 8.29. The Kier molecular flexibility index (Phi) is 6.08. The Morgan fingerprint density at radius 3 is 2.33 bits per heavy atom. The van der Waals surface area contributed by atoms with Gasteiger partial charge in [0.25, 0.3) is 5.56 Å². The first-order valence-corrected chi connectivity index (χ1v) is 11.2. The number of carbonyl (C=O) groups is 1. The number of hydrogen-bond acceptors (Lipinski definition) is 4. The first-order valence-electron chi connectivity index (χ1n) is 10.8. The van der Waals surface area contributed by atoms with E-state index in [-0.39, 0.29) is 5.91 Å². The number of fused-ring (bicyclic) bond motifs is 1. The molecule has 0 aliphatic carbocycles. The van der Waals surface area contributed by atoms with Crippen molar-refractivity contribution in [1.29, 1.82) is 0 Å². The molecule has 2 heterocycles. The molecule has 2 aromatic carbocycles. The average Bonchev–Trinajstić information content (AvgIpc) is 3.12. The summed E-state index contributed by atoms with van der Waals surface area (Å²) in [6.07, 6.45) is 0.380. The van der Waals surface area contributed by atoms with Crippen molar-refractivity contribution in [2.75, 3.05) is 5.32 Å². The minimum absolute atomic E-state index is 0.292. The summed E-state index contributed by atoms with van der Waals surface area (Å²) >= 11 is 6.28. The third kappa shape index (κ3) is 4.16. The minimum atomic E-state index is -0.803. The molecule has 1 atom stereocenters. The highest BCUT2D eigenvalue weighted by atomic mass is 35.5. The Hall–Kier alpha value is -3.45. The second-order valence-corrected chi connectivity index (χ2v) is 8.70. The van der Waals surface area contributed by atoms with E-state index in [1.807, 2.05) is 65.0 Å². The Morgan fingerprint density at radius 2 is 1.70 bits per heavy atom. The summed E-state index contributed by atoms with van der Waals surface area (Å²) in [4.78, 5) is 26.5. The smallest absolute Gasteiger partial charge is 0.295 e. The number of anilines is 1. The van der Waals surface area contributed by atoms with E-state index < -0.39 is 11.6 Å². The molecule has 0 aliphatic heterocycles. The van der Waals surface area contributed by atoms with Crippen molar-refractivity contribution < 1.29 is 4.79 Å². The van der Waals surface area contributed by atoms with E-state index in [0.717, 1.165) is 22.5 Å². The van der Waals surface area contributed by atoms with Crippen molar-refractivity contribution in [3.8, 4) is 5.69 Å². The van der Waals surface area contributed by atoms with Crippen molar-refractivity contribution >= 4 is 34.1 Å². The molecule has 4 aromatic rings. The first-order chi connectivity index (χ1) is 15.7. The lowest BCUT2D eigenvalue weighted by Crippen LogP contribution is -2.35. The van der Waals surface area contributed by atoms with Crippen LogP contribution in [0.1, 0.15) is 41.9 Å². The summed E-state index contributed by atoms with van der Waals surface area (Å²) in [5.74, 6) is -0.355. The van der Waals surface area contributed by atoms with E-state index in [9.17, 15) is 9.59 Å². The zero-order valence-corrected chi connectivity index (χ0v) is 20.1. The number of aryl methyl sites for hydroxylation is 4. The molecule has 0 spiro atoms. The van der Waals surface area contributed by atoms with Gasteiger partial charge in [-0.05, 0) is 63.9 Å². The van der Waals surface area contributed by atoms with E-state index in [1.165, 1.54) is 4.68 Å². The number of aromatic nitrogens is 4. The van der Waals surface area contributed by atoms with Gasteiger partial charge in [0, 0.05) is 0 Å². The molecule has 33 heavy (non-hydrogen) atoms. The van der Waals surface area contributed by atoms with Gasteiger partial charge in [-0.15, -0.1) is 0 Å². The maximum atomic E-state index is 13.4. The van der Waals surface area contributed by atoms with Gasteiger partial charge in [-0.1, -0.05) is 42.3 Å². The summed E-state index contributed by atoms with van der Waals surface area (Å²) in [5.41, 5.74) is 4.84. The Bertz CT molecular complexity index is 1420. The van der Waals surface area contributed by atoms with Crippen molar-refractivity contribution in [2.45, 2.75) is 47.1 Å². The molecular weight excluding hydrogens is 438 g/mol. The van der Waals surface area contributed by atoms with Crippen LogP contribution < -0.4 is 10.9 Å². The lowest BCUT2D eigenvalue weighted by molar-refractivity contribution is -0.119. The van der Waals surface area contributed by atoms with Crippen molar-refractivity contribution in [1.82, 2.24) is 19.6 Å². The maximum Gasteiger partial charge on any atom is 0.295 e. The fourth-order valence-electron chi connectivity index (χ4n) is 4.01. The van der Waals surface area contributed by atoms with Crippen LogP contribution in [-0.2, 0) is 4.79 Å². The number of halogens is 1. The van der Waals surface area contributed by atoms with Crippen molar-refractivity contribution in [3.63, 3.8) is 0 Å². The molecule has 0 bridgehead atoms. The third-order valence-electron chi connectivity index (χ3n) is 5.79. The Balaban J connectivity index is 1.78. The van der Waals surface area contributed by atoms with Crippen LogP contribution in [0.25, 0.3) is 16.6 Å². The van der Waals surface area contributed by atoms with Crippen LogP contribution in [0.3, 0.4) is 0 Å². The molecule has 8 heteroatoms. The molecule has 0 aliphatic rings. The van der Waals surface area contributed by atoms with Crippen molar-refractivity contribution in [3.05, 3.63) is 80.4 Å². The average molecular weight is 464 g/mol. The summed E-state index contributed by atoms with van der Waals surface area (Å²) in [6, 6.07) is 12.5. The van der Waals surface area contributed by atoms with Gasteiger partial charge in [0.2, 0.25) is 5.91 Å². The summed E-state index contributed by atoms with van der Waals surface area (Å²) in [7, 11) is 0. The lowest BCUT2D eigenvalue weighted by atomic mass is 10.1. The van der Waals surface area contributed by atoms with Crippen molar-refractivity contribution in [2.24, 2.45) is 0 Å². The third-order valence-corrected chi connectivity index (χ3v) is 6.10. The van der Waals surface area contributed by atoms with Crippen LogP contribution in [0.4, 0.5) is 5.69 Å². The quantitative estimate of drug-likeness (QED) is 0.448. The monoisotopic (exact) mass is 463 g/mol. The van der Waals surface area contributed by atoms with E-state index in [4.69, 9.17) is 11.6 Å². The Morgan fingerprint density at radius 1 is 1.03 bits per heavy atom. The zero-order valence-electron chi connectivity index (χ0n) is 19.3. The molecule has 0 unspecified atom stereocenters. The number of amides is 1. The molecule has 2 aromatic heterocycles. The van der Waals surface area contributed by atoms with Crippen LogP contribution >= 0.6 is 11.6 Å². The zero-order chi connectivity index (χ0) is 23.9. The molecule has 0 fully saturated rings. The fraction of sp³-hybridized carbons (Fsp3) is 0.280. The van der Waals surface area contributed by atoms with E-state index in [0.29, 0.717) is 33.7 Å². The SMILES string of the molecule is CC[C@@H](C(=O)Nc1ccc(C)cc1Cl)n1nc(C)c2c(C)n(-c3ccc(C)cc3)nc2c1=O. The second kappa shape index (κ2) is 8.83. The highest BCUT2D eigenvalue weighted by Crippen LogP contribution is 2.25. The van der Waals surface area contributed by atoms with Gasteiger partial charge < -0.3 is 5.32 Å². The molecule has 170 valence electrons. The molecule has 0 radical (unpaired) electrons. The highest BCUT2D eigenvalue weighted by Gasteiger charge is 2.25. The van der Waals surface area contributed by atoms with Crippen LogP contribution in [0.2, 0.25) is 5.02 Å². The highest BCUT2D eigenvalue weighted by molar-refractivity contribution is 6.33. The van der Waals surface area contributed by atoms with Crippen LogP contribution in [0.15, 0.2) is 47.3 Å². The molecule has 0 saturated carbocycles. The van der Waals surface area contributed by atoms with Gasteiger partial charge >= 0.3 is 0 Å². The lowest BCUT2D eigenvalue weighted by Gasteiger charge is -2.18. The largest absolute Gasteiger partial charge is 0.323 e. The van der Waals surface area contributed by atoms with Gasteiger partial charge in [0.05, 0.1) is 33.2 Å². The molecule has 4 rings (SSSR count). The fourth-order valence-corrected chi connectivity index (χ4v) is 4.29. The summed E-state index contributed by atoms with van der Waals surface area (Å²) < 4.78 is 2.98. The standard InChI is InChI=1S/C25H26ClN5O2/c1-6-21(24(32)27-20-12-9-15(3)13-19(20)26)31-25(33)23-22(16(4)28-31)17(5)30(29-23)18-10-7-14(2)8-11-18/h7-13,21H,6H2,1-5H3,(H,27,32)/t21-/m0/s1. The van der Waals surface area contributed by atoms with Gasteiger partial charge in [-0.25, -0.2) is 9.36 Å². The van der Waals surface area contributed by atoms with Gasteiger partial charge in [0.15, 0.2) is 5.52 Å². The van der Waals surface area contributed by atoms with Gasteiger partial charge in [-0.2, -0.15) is 10.2 Å². The molecule has 7 nitrogen and oxygen atoms in total. The number of carbonyl (C=O) groups excluding carboxylic acids is 1. The molecular formula is C25H26ClN5O2. The summed E-state index contributed by atoms with van der Waals surface area (Å²) in [6.45, 7) is 9.52. The summed E-state index contributed by atoms with van der Waals surface area (Å²) in [5, 5.41) is 13.1. The number of nitrogens with zero attached hydrogens (tertiary/aromatic N) is 4. The minimum Gasteiger partial charge on any atom is -0.323 e. The van der Waals surface area contributed by atoms with E-state index in [1.54, 1.807) is 16.8 Å². The maximum absolute atomic E-state index is 13.4. The topological polar surface area (TPSA) is 81.8 Å². The normalized spacial score (nSPS) is 12.2. The van der Waals surface area contributed by atoms with E-state index in [2.05, 4.69) is 15.5 Å². The van der Waals surface area contributed by atoms with Crippen LogP contribution in [0.5, 0.6) is 0 Å².